The van der Waals surface area contributed by atoms with Crippen LogP contribution in [0.2, 0.25) is 0 Å². The molecule has 0 bridgehead atoms. The van der Waals surface area contributed by atoms with E-state index in [0.29, 0.717) is 0 Å². The lowest BCUT2D eigenvalue weighted by molar-refractivity contribution is 0.661. The quantitative estimate of drug-likeness (QED) is 0.166. The highest BCUT2D eigenvalue weighted by molar-refractivity contribution is 6.21. The van der Waals surface area contributed by atoms with Gasteiger partial charge in [-0.25, -0.2) is 0 Å². The molecular weight excluding hydrogens is 627 g/mol. The largest absolute Gasteiger partial charge is 0.310 e. The van der Waals surface area contributed by atoms with Gasteiger partial charge in [-0.15, -0.1) is 0 Å². The van der Waals surface area contributed by atoms with Crippen LogP contribution < -0.4 is 4.90 Å². The summed E-state index contributed by atoms with van der Waals surface area (Å²) in [6.07, 6.45) is 0. The van der Waals surface area contributed by atoms with Crippen molar-refractivity contribution in [1.29, 1.82) is 0 Å². The van der Waals surface area contributed by atoms with Crippen LogP contribution in [0.3, 0.4) is 0 Å². The van der Waals surface area contributed by atoms with Gasteiger partial charge in [0.25, 0.3) is 0 Å². The van der Waals surface area contributed by atoms with Gasteiger partial charge in [-0.05, 0) is 120 Å². The standard InChI is InChI=1S/C51H37N/c1-51(2)47-22-11-9-21-44(47)46-32-39-27-25-35-24-26-38-30-37(28-29-43(38)50(35)45(39)33-48(46)51)36-16-13-19-41(31-36)52(40-17-7-4-8-18-40)49-23-12-10-20-42(49)34-14-5-3-6-15-34/h3-33H,1-2H3. The lowest BCUT2D eigenvalue weighted by atomic mass is 9.81. The van der Waals surface area contributed by atoms with Crippen LogP contribution in [-0.4, -0.2) is 0 Å². The number of nitrogens with zero attached hydrogens (tertiary/aromatic N) is 1. The Labute approximate surface area is 305 Å². The predicted molar refractivity (Wildman–Crippen MR) is 222 cm³/mol. The number of fused-ring (bicyclic) bond motifs is 8. The van der Waals surface area contributed by atoms with Crippen LogP contribution in [0, 0.1) is 0 Å². The first-order valence-corrected chi connectivity index (χ1v) is 18.2. The van der Waals surface area contributed by atoms with Crippen molar-refractivity contribution in [2.24, 2.45) is 0 Å². The summed E-state index contributed by atoms with van der Waals surface area (Å²) < 4.78 is 0. The maximum atomic E-state index is 2.48. The Morgan fingerprint density at radius 1 is 0.365 bits per heavy atom. The predicted octanol–water partition coefficient (Wildman–Crippen LogP) is 14.3. The number of anilines is 3. The molecule has 0 saturated heterocycles. The SMILES string of the molecule is CC1(C)c2ccccc2-c2cc3ccc4ccc5cc(-c6cccc(N(c7ccccc7)c7ccccc7-c7ccccc7)c6)ccc5c4c3cc21. The molecule has 246 valence electrons. The van der Waals surface area contributed by atoms with Gasteiger partial charge in [0.05, 0.1) is 5.69 Å². The highest BCUT2D eigenvalue weighted by Crippen LogP contribution is 2.51. The molecule has 0 aliphatic heterocycles. The third-order valence-electron chi connectivity index (χ3n) is 11.2. The number of benzene rings is 9. The van der Waals surface area contributed by atoms with Gasteiger partial charge in [0.1, 0.15) is 0 Å². The van der Waals surface area contributed by atoms with Crippen LogP contribution in [0.4, 0.5) is 17.1 Å². The maximum Gasteiger partial charge on any atom is 0.0540 e. The molecular formula is C51H37N. The molecule has 0 aromatic heterocycles. The van der Waals surface area contributed by atoms with Gasteiger partial charge in [0.15, 0.2) is 0 Å². The summed E-state index contributed by atoms with van der Waals surface area (Å²) in [6.45, 7) is 4.73. The Bertz CT molecular complexity index is 2810. The summed E-state index contributed by atoms with van der Waals surface area (Å²) in [5.41, 5.74) is 13.7. The van der Waals surface area contributed by atoms with Crippen molar-refractivity contribution in [3.05, 3.63) is 199 Å². The summed E-state index contributed by atoms with van der Waals surface area (Å²) in [5.74, 6) is 0. The lowest BCUT2D eigenvalue weighted by Crippen LogP contribution is -2.14. The molecule has 1 aliphatic carbocycles. The molecule has 1 heteroatoms. The maximum absolute atomic E-state index is 2.48. The fourth-order valence-electron chi connectivity index (χ4n) is 8.62. The van der Waals surface area contributed by atoms with E-state index in [2.05, 4.69) is 207 Å². The van der Waals surface area contributed by atoms with Gasteiger partial charge < -0.3 is 4.90 Å². The normalized spacial score (nSPS) is 13.0. The molecule has 0 atom stereocenters. The average Bonchev–Trinajstić information content (AvgIpc) is 3.43. The van der Waals surface area contributed by atoms with Crippen LogP contribution in [0.15, 0.2) is 188 Å². The highest BCUT2D eigenvalue weighted by Gasteiger charge is 2.35. The zero-order valence-corrected chi connectivity index (χ0v) is 29.3. The van der Waals surface area contributed by atoms with Gasteiger partial charge in [0.2, 0.25) is 0 Å². The lowest BCUT2D eigenvalue weighted by Gasteiger charge is -2.28. The number of hydrogen-bond acceptors (Lipinski definition) is 1. The van der Waals surface area contributed by atoms with E-state index in [9.17, 15) is 0 Å². The number of para-hydroxylation sites is 2. The van der Waals surface area contributed by atoms with Gasteiger partial charge >= 0.3 is 0 Å². The second-order valence-corrected chi connectivity index (χ2v) is 14.6. The summed E-state index contributed by atoms with van der Waals surface area (Å²) in [5, 5.41) is 7.77. The molecule has 0 unspecified atom stereocenters. The van der Waals surface area contributed by atoms with E-state index in [4.69, 9.17) is 0 Å². The third kappa shape index (κ3) is 4.77. The molecule has 52 heavy (non-hydrogen) atoms. The fraction of sp³-hybridized carbons (Fsp3) is 0.0588. The van der Waals surface area contributed by atoms with Crippen molar-refractivity contribution in [3.63, 3.8) is 0 Å². The first-order chi connectivity index (χ1) is 25.5. The first-order valence-electron chi connectivity index (χ1n) is 18.2. The molecule has 0 saturated carbocycles. The topological polar surface area (TPSA) is 3.24 Å². The molecule has 10 rings (SSSR count). The summed E-state index contributed by atoms with van der Waals surface area (Å²) in [4.78, 5) is 2.38. The molecule has 1 aliphatic rings. The van der Waals surface area contributed by atoms with E-state index >= 15 is 0 Å². The van der Waals surface area contributed by atoms with Crippen molar-refractivity contribution in [1.82, 2.24) is 0 Å². The van der Waals surface area contributed by atoms with Gasteiger partial charge in [0, 0.05) is 22.4 Å². The Balaban J connectivity index is 1.11. The van der Waals surface area contributed by atoms with E-state index in [0.717, 1.165) is 17.1 Å². The molecule has 0 N–H and O–H groups in total. The highest BCUT2D eigenvalue weighted by atomic mass is 15.1. The van der Waals surface area contributed by atoms with Crippen molar-refractivity contribution in [3.8, 4) is 33.4 Å². The van der Waals surface area contributed by atoms with E-state index in [1.165, 1.54) is 76.8 Å². The van der Waals surface area contributed by atoms with Crippen molar-refractivity contribution < 1.29 is 0 Å². The fourth-order valence-corrected chi connectivity index (χ4v) is 8.62. The van der Waals surface area contributed by atoms with Crippen LogP contribution in [0.5, 0.6) is 0 Å². The van der Waals surface area contributed by atoms with E-state index < -0.39 is 0 Å². The summed E-state index contributed by atoms with van der Waals surface area (Å²) in [6, 6.07) is 69.0. The minimum atomic E-state index is -0.0414. The molecule has 1 nitrogen and oxygen atoms in total. The zero-order chi connectivity index (χ0) is 34.8. The molecule has 9 aromatic carbocycles. The Morgan fingerprint density at radius 3 is 1.79 bits per heavy atom. The molecule has 0 spiro atoms. The van der Waals surface area contributed by atoms with Crippen molar-refractivity contribution in [2.75, 3.05) is 4.90 Å². The van der Waals surface area contributed by atoms with Gasteiger partial charge in [-0.3, -0.25) is 0 Å². The average molecular weight is 664 g/mol. The minimum absolute atomic E-state index is 0.0414. The molecule has 0 radical (unpaired) electrons. The molecule has 9 aromatic rings. The number of hydrogen-bond donors (Lipinski definition) is 0. The monoisotopic (exact) mass is 663 g/mol. The molecule has 0 amide bonds. The van der Waals surface area contributed by atoms with E-state index in [1.807, 2.05) is 0 Å². The number of rotatable bonds is 5. The Kier molecular flexibility index (Phi) is 6.91. The summed E-state index contributed by atoms with van der Waals surface area (Å²) >= 11 is 0. The molecule has 0 heterocycles. The van der Waals surface area contributed by atoms with Crippen LogP contribution in [-0.2, 0) is 5.41 Å². The minimum Gasteiger partial charge on any atom is -0.310 e. The van der Waals surface area contributed by atoms with Crippen LogP contribution >= 0.6 is 0 Å². The van der Waals surface area contributed by atoms with Gasteiger partial charge in [-0.1, -0.05) is 153 Å². The van der Waals surface area contributed by atoms with Gasteiger partial charge in [-0.2, -0.15) is 0 Å². The smallest absolute Gasteiger partial charge is 0.0540 e. The third-order valence-corrected chi connectivity index (χ3v) is 11.2. The van der Waals surface area contributed by atoms with Crippen LogP contribution in [0.1, 0.15) is 25.0 Å². The van der Waals surface area contributed by atoms with E-state index in [-0.39, 0.29) is 5.41 Å². The second kappa shape index (κ2) is 11.8. The van der Waals surface area contributed by atoms with Crippen molar-refractivity contribution in [2.45, 2.75) is 19.3 Å². The van der Waals surface area contributed by atoms with E-state index in [1.54, 1.807) is 0 Å². The second-order valence-electron chi connectivity index (χ2n) is 14.6. The van der Waals surface area contributed by atoms with Crippen LogP contribution in [0.25, 0.3) is 65.7 Å². The first kappa shape index (κ1) is 30.4. The Hall–Kier alpha value is -6.44. The zero-order valence-electron chi connectivity index (χ0n) is 29.3. The Morgan fingerprint density at radius 2 is 0.981 bits per heavy atom. The molecule has 0 fully saturated rings. The van der Waals surface area contributed by atoms with Crippen molar-refractivity contribution >= 4 is 49.4 Å². The summed E-state index contributed by atoms with van der Waals surface area (Å²) in [7, 11) is 0.